The van der Waals surface area contributed by atoms with E-state index in [1.807, 2.05) is 13.8 Å². The highest BCUT2D eigenvalue weighted by atomic mass is 32.2. The first kappa shape index (κ1) is 18.2. The number of benzene rings is 1. The number of urea groups is 1. The monoisotopic (exact) mass is 387 g/mol. The zero-order chi connectivity index (χ0) is 19.2. The van der Waals surface area contributed by atoms with Crippen molar-refractivity contribution in [1.82, 2.24) is 9.78 Å². The minimum Gasteiger partial charge on any atom is -0.305 e. The van der Waals surface area contributed by atoms with E-state index >= 15 is 0 Å². The summed E-state index contributed by atoms with van der Waals surface area (Å²) in [5.41, 5.74) is 5.90. The molecule has 0 spiro atoms. The van der Waals surface area contributed by atoms with E-state index in [9.17, 15) is 9.00 Å². The van der Waals surface area contributed by atoms with Crippen LogP contribution in [0.5, 0.6) is 0 Å². The summed E-state index contributed by atoms with van der Waals surface area (Å²) in [6.45, 7) is 3.91. The van der Waals surface area contributed by atoms with Crippen molar-refractivity contribution in [1.29, 1.82) is 0 Å². The third-order valence-electron chi connectivity index (χ3n) is 5.34. The number of hydrogen-bond acceptors (Lipinski definition) is 3. The van der Waals surface area contributed by atoms with E-state index in [1.54, 1.807) is 16.9 Å². The Morgan fingerprint density at radius 1 is 1.22 bits per heavy atom. The SMILES string of the molecule is CC(C)n1ccc([S@](N)(=O)=NC(=O)Nc2c3c(cc4c2CCC4)CCC3)n1. The average molecular weight is 388 g/mol. The molecular weight excluding hydrogens is 362 g/mol. The molecule has 0 aliphatic heterocycles. The largest absolute Gasteiger partial charge is 0.354 e. The Bertz CT molecular complexity index is 999. The first-order valence-electron chi connectivity index (χ1n) is 9.43. The van der Waals surface area contributed by atoms with Crippen molar-refractivity contribution in [2.45, 2.75) is 63.4 Å². The number of carbonyl (C=O) groups excluding carboxylic acids is 1. The van der Waals surface area contributed by atoms with Crippen molar-refractivity contribution in [3.8, 4) is 0 Å². The summed E-state index contributed by atoms with van der Waals surface area (Å²) in [7, 11) is -3.39. The molecule has 7 nitrogen and oxygen atoms in total. The molecule has 0 fully saturated rings. The van der Waals surface area contributed by atoms with Gasteiger partial charge in [-0.3, -0.25) is 4.68 Å². The fourth-order valence-electron chi connectivity index (χ4n) is 4.03. The number of aryl methyl sites for hydroxylation is 2. The quantitative estimate of drug-likeness (QED) is 0.844. The van der Waals surface area contributed by atoms with Gasteiger partial charge < -0.3 is 5.32 Å². The minimum absolute atomic E-state index is 0.109. The van der Waals surface area contributed by atoms with Gasteiger partial charge in [0.2, 0.25) is 0 Å². The summed E-state index contributed by atoms with van der Waals surface area (Å²) in [4.78, 5) is 12.6. The molecule has 3 N–H and O–H groups in total. The number of nitrogens with zero attached hydrogens (tertiary/aromatic N) is 3. The van der Waals surface area contributed by atoms with Crippen LogP contribution in [0.4, 0.5) is 10.5 Å². The van der Waals surface area contributed by atoms with Crippen molar-refractivity contribution in [2.75, 3.05) is 5.32 Å². The second kappa shape index (κ2) is 6.76. The van der Waals surface area contributed by atoms with Crippen LogP contribution in [0.1, 0.15) is 55.0 Å². The fourth-order valence-corrected chi connectivity index (χ4v) is 4.88. The Morgan fingerprint density at radius 3 is 2.41 bits per heavy atom. The molecule has 1 aromatic carbocycles. The summed E-state index contributed by atoms with van der Waals surface area (Å²) >= 11 is 0. The average Bonchev–Trinajstić information content (AvgIpc) is 3.34. The maximum Gasteiger partial charge on any atom is 0.354 e. The van der Waals surface area contributed by atoms with Gasteiger partial charge in [-0.15, -0.1) is 4.36 Å². The first-order valence-corrected chi connectivity index (χ1v) is 11.0. The van der Waals surface area contributed by atoms with Crippen LogP contribution in [-0.2, 0) is 35.6 Å². The van der Waals surface area contributed by atoms with Crippen LogP contribution in [0.2, 0.25) is 0 Å². The number of hydrogen-bond donors (Lipinski definition) is 2. The summed E-state index contributed by atoms with van der Waals surface area (Å²) in [5, 5.41) is 13.1. The number of carbonyl (C=O) groups is 1. The lowest BCUT2D eigenvalue weighted by Crippen LogP contribution is -2.19. The lowest BCUT2D eigenvalue weighted by molar-refractivity contribution is 0.260. The highest BCUT2D eigenvalue weighted by molar-refractivity contribution is 7.91. The van der Waals surface area contributed by atoms with Crippen LogP contribution in [-0.4, -0.2) is 20.0 Å². The van der Waals surface area contributed by atoms with E-state index < -0.39 is 15.9 Å². The van der Waals surface area contributed by atoms with Gasteiger partial charge >= 0.3 is 6.03 Å². The lowest BCUT2D eigenvalue weighted by atomic mass is 9.99. The van der Waals surface area contributed by atoms with Crippen molar-refractivity contribution in [3.05, 3.63) is 40.6 Å². The molecule has 144 valence electrons. The number of rotatable bonds is 3. The van der Waals surface area contributed by atoms with Crippen LogP contribution >= 0.6 is 0 Å². The molecule has 8 heteroatoms. The molecule has 1 heterocycles. The predicted octanol–water partition coefficient (Wildman–Crippen LogP) is 3.37. The van der Waals surface area contributed by atoms with Gasteiger partial charge in [0.05, 0.1) is 0 Å². The summed E-state index contributed by atoms with van der Waals surface area (Å²) < 4.78 is 18.2. The zero-order valence-electron chi connectivity index (χ0n) is 15.7. The van der Waals surface area contributed by atoms with Crippen molar-refractivity contribution in [3.63, 3.8) is 0 Å². The summed E-state index contributed by atoms with van der Waals surface area (Å²) in [6.07, 6.45) is 7.88. The maximum atomic E-state index is 12.8. The van der Waals surface area contributed by atoms with E-state index in [-0.39, 0.29) is 11.1 Å². The molecule has 2 aliphatic rings. The van der Waals surface area contributed by atoms with Crippen LogP contribution in [0, 0.1) is 0 Å². The number of nitrogens with two attached hydrogens (primary N) is 1. The number of aromatic nitrogens is 2. The second-order valence-electron chi connectivity index (χ2n) is 7.55. The molecule has 1 atom stereocenters. The number of nitrogens with one attached hydrogen (secondary N) is 1. The Balaban J connectivity index is 1.65. The number of amides is 2. The van der Waals surface area contributed by atoms with E-state index in [0.717, 1.165) is 44.2 Å². The van der Waals surface area contributed by atoms with Gasteiger partial charge in [-0.05, 0) is 80.7 Å². The van der Waals surface area contributed by atoms with Gasteiger partial charge in [-0.2, -0.15) is 5.10 Å². The molecule has 0 radical (unpaired) electrons. The Morgan fingerprint density at radius 2 is 1.85 bits per heavy atom. The molecule has 0 saturated carbocycles. The van der Waals surface area contributed by atoms with Crippen molar-refractivity contribution in [2.24, 2.45) is 9.50 Å². The Hall–Kier alpha value is -2.19. The van der Waals surface area contributed by atoms with Crippen LogP contribution < -0.4 is 10.5 Å². The highest BCUT2D eigenvalue weighted by Crippen LogP contribution is 2.38. The van der Waals surface area contributed by atoms with Crippen LogP contribution in [0.25, 0.3) is 0 Å². The first-order chi connectivity index (χ1) is 12.8. The standard InChI is InChI=1S/C19H25N5O2S/c1-12(2)24-10-9-17(22-24)27(20,26)23-19(25)21-18-15-7-3-5-13(15)11-14-6-4-8-16(14)18/h9-12H,3-8H2,1-2H3,(H3,20,21,23,25,26)/t27-/m1/s1. The summed E-state index contributed by atoms with van der Waals surface area (Å²) in [6, 6.07) is 3.28. The fraction of sp³-hybridized carbons (Fsp3) is 0.474. The third-order valence-corrected chi connectivity index (χ3v) is 6.59. The molecule has 2 aromatic rings. The van der Waals surface area contributed by atoms with Gasteiger partial charge in [0.1, 0.15) is 0 Å². The Labute approximate surface area is 159 Å². The molecule has 2 aliphatic carbocycles. The smallest absolute Gasteiger partial charge is 0.305 e. The highest BCUT2D eigenvalue weighted by Gasteiger charge is 2.25. The van der Waals surface area contributed by atoms with Gasteiger partial charge in [0.15, 0.2) is 14.9 Å². The molecule has 4 rings (SSSR count). The maximum absolute atomic E-state index is 12.8. The number of anilines is 1. The molecule has 0 unspecified atom stereocenters. The van der Waals surface area contributed by atoms with Gasteiger partial charge in [0, 0.05) is 17.9 Å². The molecule has 27 heavy (non-hydrogen) atoms. The summed E-state index contributed by atoms with van der Waals surface area (Å²) in [5.74, 6) is 0. The van der Waals surface area contributed by atoms with E-state index in [4.69, 9.17) is 5.14 Å². The van der Waals surface area contributed by atoms with Gasteiger partial charge in [-0.1, -0.05) is 6.07 Å². The molecule has 0 bridgehead atoms. The van der Waals surface area contributed by atoms with E-state index in [1.165, 1.54) is 22.3 Å². The van der Waals surface area contributed by atoms with Gasteiger partial charge in [-0.25, -0.2) is 14.1 Å². The van der Waals surface area contributed by atoms with Gasteiger partial charge in [0.25, 0.3) is 0 Å². The molecular formula is C19H25N5O2S. The minimum atomic E-state index is -3.39. The third kappa shape index (κ3) is 3.39. The normalized spacial score (nSPS) is 17.5. The lowest BCUT2D eigenvalue weighted by Gasteiger charge is -2.15. The van der Waals surface area contributed by atoms with Crippen molar-refractivity contribution < 1.29 is 9.00 Å². The predicted molar refractivity (Wildman–Crippen MR) is 105 cm³/mol. The Kier molecular flexibility index (Phi) is 4.55. The number of fused-ring (bicyclic) bond motifs is 2. The van der Waals surface area contributed by atoms with E-state index in [0.29, 0.717) is 0 Å². The topological polar surface area (TPSA) is 102 Å². The molecule has 2 amide bonds. The zero-order valence-corrected chi connectivity index (χ0v) is 16.5. The molecule has 0 saturated heterocycles. The van der Waals surface area contributed by atoms with Crippen LogP contribution in [0.3, 0.4) is 0 Å². The van der Waals surface area contributed by atoms with Crippen LogP contribution in [0.15, 0.2) is 27.7 Å². The van der Waals surface area contributed by atoms with Crippen molar-refractivity contribution >= 4 is 21.6 Å². The van der Waals surface area contributed by atoms with E-state index in [2.05, 4.69) is 20.8 Å². The second-order valence-corrected chi connectivity index (χ2v) is 9.29. The molecule has 1 aromatic heterocycles.